The molecule has 0 aliphatic heterocycles. The summed E-state index contributed by atoms with van der Waals surface area (Å²) in [5, 5.41) is 0.720. The van der Waals surface area contributed by atoms with E-state index in [9.17, 15) is 21.6 Å². The minimum Gasteiger partial charge on any atom is -0.406 e. The molecular formula is C22H19Cl2F3N2O3S2. The summed E-state index contributed by atoms with van der Waals surface area (Å²) in [5.41, 5.74) is 8.23. The predicted octanol–water partition coefficient (Wildman–Crippen LogP) is 6.28. The van der Waals surface area contributed by atoms with Crippen LogP contribution in [-0.4, -0.2) is 27.1 Å². The number of ether oxygens (including phenoxy) is 1. The van der Waals surface area contributed by atoms with Gasteiger partial charge in [-0.05, 0) is 59.7 Å². The van der Waals surface area contributed by atoms with Gasteiger partial charge in [-0.1, -0.05) is 41.4 Å². The highest BCUT2D eigenvalue weighted by Gasteiger charge is 2.31. The Balaban J connectivity index is 1.70. The van der Waals surface area contributed by atoms with Crippen LogP contribution in [0.2, 0.25) is 10.0 Å². The Morgan fingerprint density at radius 3 is 2.32 bits per heavy atom. The van der Waals surface area contributed by atoms with Crippen LogP contribution < -0.4 is 15.2 Å². The van der Waals surface area contributed by atoms with E-state index in [2.05, 4.69) is 9.46 Å². The molecule has 0 aliphatic carbocycles. The molecule has 182 valence electrons. The van der Waals surface area contributed by atoms with E-state index in [0.717, 1.165) is 35.4 Å². The Kier molecular flexibility index (Phi) is 8.64. The number of nitrogen functional groups attached to an aromatic ring is 1. The molecule has 0 fully saturated rings. The maximum atomic E-state index is 12.5. The highest BCUT2D eigenvalue weighted by molar-refractivity contribution is 7.99. The first-order chi connectivity index (χ1) is 16.0. The van der Waals surface area contributed by atoms with E-state index in [1.54, 1.807) is 30.3 Å². The van der Waals surface area contributed by atoms with Gasteiger partial charge in [-0.15, -0.1) is 24.9 Å². The van der Waals surface area contributed by atoms with Crippen molar-refractivity contribution >= 4 is 50.7 Å². The number of alkyl halides is 3. The predicted molar refractivity (Wildman–Crippen MR) is 130 cm³/mol. The van der Waals surface area contributed by atoms with Gasteiger partial charge >= 0.3 is 6.36 Å². The van der Waals surface area contributed by atoms with Gasteiger partial charge in [-0.25, -0.2) is 13.1 Å². The third-order valence-corrected chi connectivity index (χ3v) is 7.90. The van der Waals surface area contributed by atoms with E-state index in [1.165, 1.54) is 11.8 Å². The van der Waals surface area contributed by atoms with Crippen molar-refractivity contribution in [2.75, 3.05) is 18.0 Å². The highest BCUT2D eigenvalue weighted by atomic mass is 35.5. The molecule has 3 rings (SSSR count). The summed E-state index contributed by atoms with van der Waals surface area (Å²) in [6.07, 6.45) is -4.86. The van der Waals surface area contributed by atoms with Crippen molar-refractivity contribution in [1.29, 1.82) is 0 Å². The smallest absolute Gasteiger partial charge is 0.406 e. The molecule has 0 saturated carbocycles. The lowest BCUT2D eigenvalue weighted by molar-refractivity contribution is -0.274. The molecule has 12 heteroatoms. The fraction of sp³-hybridized carbons (Fsp3) is 0.182. The zero-order valence-corrected chi connectivity index (χ0v) is 20.5. The number of benzene rings is 3. The minimum atomic E-state index is -4.86. The third-order valence-electron chi connectivity index (χ3n) is 4.57. The zero-order chi connectivity index (χ0) is 24.9. The number of nitrogens with one attached hydrogen (secondary N) is 1. The maximum Gasteiger partial charge on any atom is 0.573 e. The van der Waals surface area contributed by atoms with Crippen molar-refractivity contribution in [1.82, 2.24) is 4.72 Å². The third kappa shape index (κ3) is 7.19. The molecule has 0 bridgehead atoms. The first-order valence-corrected chi connectivity index (χ1v) is 13.0. The molecule has 0 aromatic heterocycles. The Bertz CT molecular complexity index is 1240. The summed E-state index contributed by atoms with van der Waals surface area (Å²) in [5.74, 6) is -0.167. The van der Waals surface area contributed by atoms with Gasteiger partial charge in [-0.2, -0.15) is 0 Å². The molecule has 0 saturated heterocycles. The van der Waals surface area contributed by atoms with Crippen LogP contribution in [0.15, 0.2) is 71.6 Å². The fourth-order valence-corrected chi connectivity index (χ4v) is 5.94. The molecule has 0 spiro atoms. The van der Waals surface area contributed by atoms with Crippen molar-refractivity contribution in [2.45, 2.75) is 16.5 Å². The topological polar surface area (TPSA) is 81.4 Å². The van der Waals surface area contributed by atoms with Gasteiger partial charge < -0.3 is 10.5 Å². The number of hydrogen-bond acceptors (Lipinski definition) is 5. The first-order valence-electron chi connectivity index (χ1n) is 9.73. The van der Waals surface area contributed by atoms with Crippen molar-refractivity contribution in [2.24, 2.45) is 0 Å². The van der Waals surface area contributed by atoms with Crippen molar-refractivity contribution < 1.29 is 26.3 Å². The van der Waals surface area contributed by atoms with Gasteiger partial charge in [0.05, 0.1) is 10.1 Å². The van der Waals surface area contributed by atoms with Crippen molar-refractivity contribution in [3.8, 4) is 5.75 Å². The van der Waals surface area contributed by atoms with E-state index in [-0.39, 0.29) is 16.7 Å². The second-order valence-electron chi connectivity index (χ2n) is 6.96. The number of thioether (sulfide) groups is 1. The molecule has 5 nitrogen and oxygen atoms in total. The lowest BCUT2D eigenvalue weighted by atomic mass is 10.0. The van der Waals surface area contributed by atoms with E-state index < -0.39 is 22.1 Å². The molecule has 1 unspecified atom stereocenters. The summed E-state index contributed by atoms with van der Waals surface area (Å²) in [7, 11) is -3.94. The van der Waals surface area contributed by atoms with Crippen LogP contribution in [0.4, 0.5) is 18.9 Å². The molecular weight excluding hydrogens is 532 g/mol. The van der Waals surface area contributed by atoms with E-state index in [4.69, 9.17) is 28.9 Å². The van der Waals surface area contributed by atoms with Crippen LogP contribution in [0.5, 0.6) is 5.75 Å². The van der Waals surface area contributed by atoms with E-state index in [0.29, 0.717) is 21.5 Å². The van der Waals surface area contributed by atoms with Gasteiger partial charge in [-0.3, -0.25) is 0 Å². The summed E-state index contributed by atoms with van der Waals surface area (Å²) >= 11 is 14.0. The van der Waals surface area contributed by atoms with Crippen LogP contribution in [0.3, 0.4) is 0 Å². The zero-order valence-electron chi connectivity index (χ0n) is 17.4. The molecule has 0 heterocycles. The molecule has 3 N–H and O–H groups in total. The largest absolute Gasteiger partial charge is 0.573 e. The number of anilines is 1. The van der Waals surface area contributed by atoms with E-state index >= 15 is 0 Å². The van der Waals surface area contributed by atoms with Crippen molar-refractivity contribution in [3.05, 3.63) is 87.9 Å². The van der Waals surface area contributed by atoms with Crippen LogP contribution >= 0.6 is 35.0 Å². The lowest BCUT2D eigenvalue weighted by Crippen LogP contribution is -2.26. The van der Waals surface area contributed by atoms with Crippen LogP contribution in [0.25, 0.3) is 0 Å². The Labute approximate surface area is 209 Å². The second kappa shape index (κ2) is 11.1. The van der Waals surface area contributed by atoms with Gasteiger partial charge in [0.1, 0.15) is 5.75 Å². The quantitative estimate of drug-likeness (QED) is 0.242. The lowest BCUT2D eigenvalue weighted by Gasteiger charge is -2.21. The summed E-state index contributed by atoms with van der Waals surface area (Å²) in [6.45, 7) is 0.0508. The molecule has 0 radical (unpaired) electrons. The maximum absolute atomic E-state index is 12.5. The number of hydrogen-bond donors (Lipinski definition) is 2. The average molecular weight is 551 g/mol. The minimum absolute atomic E-state index is 0.0508. The number of sulfonamides is 1. The SMILES string of the molecule is Nc1ccc(Cl)cc1C(SCCNS(=O)(=O)c1ccc(OC(F)(F)F)cc1)c1ccccc1Cl. The van der Waals surface area contributed by atoms with Crippen LogP contribution in [0.1, 0.15) is 16.4 Å². The monoisotopic (exact) mass is 550 g/mol. The molecule has 0 amide bonds. The Morgan fingerprint density at radius 2 is 1.68 bits per heavy atom. The summed E-state index contributed by atoms with van der Waals surface area (Å²) in [4.78, 5) is -0.186. The number of halogens is 5. The van der Waals surface area contributed by atoms with Gasteiger partial charge in [0, 0.05) is 28.0 Å². The highest BCUT2D eigenvalue weighted by Crippen LogP contribution is 2.42. The van der Waals surface area contributed by atoms with Crippen LogP contribution in [0, 0.1) is 0 Å². The van der Waals surface area contributed by atoms with E-state index in [1.807, 2.05) is 12.1 Å². The molecule has 0 aliphatic rings. The Hall–Kier alpha value is -2.11. The molecule has 3 aromatic rings. The Morgan fingerprint density at radius 1 is 1.00 bits per heavy atom. The first kappa shape index (κ1) is 26.5. The van der Waals surface area contributed by atoms with Crippen LogP contribution in [-0.2, 0) is 10.0 Å². The summed E-state index contributed by atoms with van der Waals surface area (Å²) in [6, 6.07) is 16.3. The van der Waals surface area contributed by atoms with Gasteiger partial charge in [0.25, 0.3) is 0 Å². The van der Waals surface area contributed by atoms with Gasteiger partial charge in [0.15, 0.2) is 0 Å². The second-order valence-corrected chi connectivity index (χ2v) is 10.8. The number of nitrogens with two attached hydrogens (primary N) is 1. The normalized spacial score (nSPS) is 13.0. The molecule has 3 aromatic carbocycles. The summed E-state index contributed by atoms with van der Waals surface area (Å²) < 4.78 is 68.1. The standard InChI is InChI=1S/C22H19Cl2F3N2O3S2/c23-14-5-10-20(28)18(13-14)21(17-3-1-2-4-19(17)24)33-12-11-29-34(30,31)16-8-6-15(7-9-16)32-22(25,26)27/h1-10,13,21,29H,11-12,28H2. The molecule has 34 heavy (non-hydrogen) atoms. The number of rotatable bonds is 9. The fourth-order valence-electron chi connectivity index (χ4n) is 3.06. The average Bonchev–Trinajstić information content (AvgIpc) is 2.76. The van der Waals surface area contributed by atoms with Gasteiger partial charge in [0.2, 0.25) is 10.0 Å². The molecule has 1 atom stereocenters. The van der Waals surface area contributed by atoms with Crippen molar-refractivity contribution in [3.63, 3.8) is 0 Å².